The highest BCUT2D eigenvalue weighted by Crippen LogP contribution is 2.32. The van der Waals surface area contributed by atoms with Crippen molar-refractivity contribution in [3.05, 3.63) is 65.2 Å². The van der Waals surface area contributed by atoms with Gasteiger partial charge in [0.15, 0.2) is 5.13 Å². The lowest BCUT2D eigenvalue weighted by atomic mass is 9.96. The quantitative estimate of drug-likeness (QED) is 0.484. The molecule has 2 atom stereocenters. The number of carbonyl (C=O) groups excluding carboxylic acids is 1. The first-order chi connectivity index (χ1) is 13.8. The average molecular weight is 434 g/mol. The zero-order valence-electron chi connectivity index (χ0n) is 15.6. The molecule has 3 rings (SSSR count). The zero-order valence-corrected chi connectivity index (χ0v) is 17.2. The van der Waals surface area contributed by atoms with Gasteiger partial charge in [0.25, 0.3) is 5.91 Å². The molecule has 0 fully saturated rings. The minimum Gasteiger partial charge on any atom is -0.755 e. The molecule has 0 saturated carbocycles. The number of rotatable bonds is 7. The van der Waals surface area contributed by atoms with E-state index in [1.807, 2.05) is 12.3 Å². The van der Waals surface area contributed by atoms with Crippen molar-refractivity contribution in [1.29, 1.82) is 0 Å². The van der Waals surface area contributed by atoms with E-state index >= 15 is 4.39 Å². The number of para-hydroxylation sites is 2. The minimum atomic E-state index is -2.58. The van der Waals surface area contributed by atoms with E-state index in [1.54, 1.807) is 24.3 Å². The number of benzene rings is 2. The van der Waals surface area contributed by atoms with Gasteiger partial charge in [-0.2, -0.15) is 0 Å². The van der Waals surface area contributed by atoms with E-state index in [1.165, 1.54) is 35.6 Å². The average Bonchev–Trinajstić information content (AvgIpc) is 3.07. The van der Waals surface area contributed by atoms with Crippen molar-refractivity contribution in [3.63, 3.8) is 0 Å². The smallest absolute Gasteiger partial charge is 0.266 e. The summed E-state index contributed by atoms with van der Waals surface area (Å²) in [6.07, 6.45) is 0. The van der Waals surface area contributed by atoms with Crippen molar-refractivity contribution in [3.8, 4) is 0 Å². The van der Waals surface area contributed by atoms with Gasteiger partial charge in [0, 0.05) is 27.9 Å². The molecule has 7 nitrogen and oxygen atoms in total. The van der Waals surface area contributed by atoms with Crippen LogP contribution in [0, 0.1) is 6.92 Å². The van der Waals surface area contributed by atoms with E-state index in [2.05, 4.69) is 20.3 Å². The second-order valence-corrected chi connectivity index (χ2v) is 7.87. The number of anilines is 4. The minimum absolute atomic E-state index is 0.138. The third kappa shape index (κ3) is 5.17. The summed E-state index contributed by atoms with van der Waals surface area (Å²) in [5, 5.41) is 8.08. The number of aryl methyl sites for hydroxylation is 1. The van der Waals surface area contributed by atoms with E-state index in [0.29, 0.717) is 10.8 Å². The van der Waals surface area contributed by atoms with E-state index in [4.69, 9.17) is 0 Å². The molecule has 0 bridgehead atoms. The topological polar surface area (TPSA) is 106 Å². The van der Waals surface area contributed by atoms with E-state index in [9.17, 15) is 13.6 Å². The number of carbonyl (C=O) groups is 1. The van der Waals surface area contributed by atoms with Crippen LogP contribution in [-0.2, 0) is 21.7 Å². The van der Waals surface area contributed by atoms with Gasteiger partial charge in [-0.05, 0) is 38.1 Å². The van der Waals surface area contributed by atoms with Crippen molar-refractivity contribution in [2.24, 2.45) is 0 Å². The number of alkyl halides is 1. The summed E-state index contributed by atoms with van der Waals surface area (Å²) >= 11 is -1.16. The molecule has 1 heterocycles. The monoisotopic (exact) mass is 433 g/mol. The Morgan fingerprint density at radius 3 is 2.59 bits per heavy atom. The Kier molecular flexibility index (Phi) is 6.26. The van der Waals surface area contributed by atoms with Crippen LogP contribution in [0.4, 0.5) is 26.6 Å². The Labute approximate surface area is 173 Å². The lowest BCUT2D eigenvalue weighted by molar-refractivity contribution is -0.126. The molecule has 10 heteroatoms. The molecular formula is C19H18FN4O3S2-. The molecule has 0 saturated heterocycles. The van der Waals surface area contributed by atoms with Crippen molar-refractivity contribution in [2.45, 2.75) is 19.5 Å². The Morgan fingerprint density at radius 1 is 1.21 bits per heavy atom. The fourth-order valence-corrected chi connectivity index (χ4v) is 3.63. The molecule has 2 aromatic carbocycles. The molecule has 3 aromatic rings. The largest absolute Gasteiger partial charge is 0.755 e. The summed E-state index contributed by atoms with van der Waals surface area (Å²) in [6.45, 7) is 3.02. The van der Waals surface area contributed by atoms with Gasteiger partial charge in [-0.3, -0.25) is 9.00 Å². The SMILES string of the molecule is Cc1csc(Nc2cccc(C(C)(F)C(=O)Nc3ccccc3NS(=O)[O-])c2)n1. The summed E-state index contributed by atoms with van der Waals surface area (Å²) in [7, 11) is 0. The highest BCUT2D eigenvalue weighted by atomic mass is 32.2. The summed E-state index contributed by atoms with van der Waals surface area (Å²) in [5.41, 5.74) is -0.462. The molecule has 0 aliphatic heterocycles. The summed E-state index contributed by atoms with van der Waals surface area (Å²) in [5.74, 6) is -0.925. The summed E-state index contributed by atoms with van der Waals surface area (Å²) < 4.78 is 39.4. The van der Waals surface area contributed by atoms with E-state index in [-0.39, 0.29) is 16.9 Å². The van der Waals surface area contributed by atoms with Gasteiger partial charge >= 0.3 is 0 Å². The normalized spacial score (nSPS) is 13.9. The standard InChI is InChI=1S/C19H19FN4O3S2/c1-12-11-28-18(21-12)22-14-7-5-6-13(10-14)19(2,20)17(25)23-15-8-3-4-9-16(15)24-29(26)27/h3-11,24H,1-2H3,(H,21,22)(H,23,25)(H,26,27)/p-1. The Hall–Kier alpha value is -2.82. The van der Waals surface area contributed by atoms with Gasteiger partial charge in [-0.1, -0.05) is 24.3 Å². The number of halogens is 1. The van der Waals surface area contributed by atoms with Crippen molar-refractivity contribution >= 4 is 50.7 Å². The number of thiazole rings is 1. The molecule has 0 aliphatic carbocycles. The van der Waals surface area contributed by atoms with Crippen molar-refractivity contribution in [1.82, 2.24) is 4.98 Å². The van der Waals surface area contributed by atoms with Crippen molar-refractivity contribution < 1.29 is 17.9 Å². The fourth-order valence-electron chi connectivity index (χ4n) is 2.57. The van der Waals surface area contributed by atoms with Gasteiger partial charge in [0.05, 0.1) is 17.1 Å². The molecule has 1 amide bonds. The van der Waals surface area contributed by atoms with Crippen LogP contribution in [0.1, 0.15) is 18.2 Å². The van der Waals surface area contributed by atoms with Crippen molar-refractivity contribution in [2.75, 3.05) is 15.4 Å². The van der Waals surface area contributed by atoms with Gasteiger partial charge in [-0.15, -0.1) is 11.3 Å². The second-order valence-electron chi connectivity index (χ2n) is 6.34. The summed E-state index contributed by atoms with van der Waals surface area (Å²) in [6, 6.07) is 12.6. The van der Waals surface area contributed by atoms with Crippen LogP contribution in [-0.4, -0.2) is 19.7 Å². The van der Waals surface area contributed by atoms with Crippen LogP contribution in [0.5, 0.6) is 0 Å². The Bertz CT molecular complexity index is 1060. The number of amides is 1. The number of hydrogen-bond donors (Lipinski definition) is 3. The number of nitrogens with one attached hydrogen (secondary N) is 3. The lowest BCUT2D eigenvalue weighted by Gasteiger charge is -2.22. The predicted molar refractivity (Wildman–Crippen MR) is 113 cm³/mol. The van der Waals surface area contributed by atoms with Crippen LogP contribution in [0.15, 0.2) is 53.9 Å². The third-order valence-electron chi connectivity index (χ3n) is 4.07. The molecule has 0 aliphatic rings. The van der Waals surface area contributed by atoms with E-state index in [0.717, 1.165) is 12.6 Å². The molecule has 152 valence electrons. The molecule has 2 unspecified atom stereocenters. The van der Waals surface area contributed by atoms with Gasteiger partial charge in [0.2, 0.25) is 5.67 Å². The first kappa shape index (κ1) is 20.9. The summed E-state index contributed by atoms with van der Waals surface area (Å²) in [4.78, 5) is 16.9. The highest BCUT2D eigenvalue weighted by molar-refractivity contribution is 7.80. The maximum atomic E-state index is 15.4. The predicted octanol–water partition coefficient (Wildman–Crippen LogP) is 4.22. The third-order valence-corrected chi connectivity index (χ3v) is 5.33. The van der Waals surface area contributed by atoms with Crippen LogP contribution < -0.4 is 15.4 Å². The van der Waals surface area contributed by atoms with Gasteiger partial charge < -0.3 is 19.9 Å². The van der Waals surface area contributed by atoms with Gasteiger partial charge in [0.1, 0.15) is 0 Å². The Morgan fingerprint density at radius 2 is 1.93 bits per heavy atom. The molecule has 3 N–H and O–H groups in total. The molecule has 1 aromatic heterocycles. The Balaban J connectivity index is 1.80. The van der Waals surface area contributed by atoms with E-state index < -0.39 is 22.8 Å². The molecule has 0 radical (unpaired) electrons. The van der Waals surface area contributed by atoms with Crippen LogP contribution in [0.3, 0.4) is 0 Å². The van der Waals surface area contributed by atoms with Crippen LogP contribution in [0.2, 0.25) is 0 Å². The number of nitrogens with zero attached hydrogens (tertiary/aromatic N) is 1. The number of hydrogen-bond acceptors (Lipinski definition) is 6. The molecule has 29 heavy (non-hydrogen) atoms. The van der Waals surface area contributed by atoms with Crippen LogP contribution >= 0.6 is 11.3 Å². The zero-order chi connectivity index (χ0) is 21.0. The lowest BCUT2D eigenvalue weighted by Crippen LogP contribution is -2.33. The first-order valence-electron chi connectivity index (χ1n) is 8.50. The maximum Gasteiger partial charge on any atom is 0.266 e. The number of aromatic nitrogens is 1. The van der Waals surface area contributed by atoms with Gasteiger partial charge in [-0.25, -0.2) is 9.37 Å². The maximum absolute atomic E-state index is 15.4. The first-order valence-corrected chi connectivity index (χ1v) is 10.5. The fraction of sp³-hybridized carbons (Fsp3) is 0.158. The highest BCUT2D eigenvalue weighted by Gasteiger charge is 2.35. The molecule has 0 spiro atoms. The molecular weight excluding hydrogens is 415 g/mol. The van der Waals surface area contributed by atoms with Crippen LogP contribution in [0.25, 0.3) is 0 Å². The second kappa shape index (κ2) is 8.68.